The Labute approximate surface area is 200 Å². The van der Waals surface area contributed by atoms with Crippen LogP contribution in [0.5, 0.6) is 0 Å². The van der Waals surface area contributed by atoms with E-state index in [2.05, 4.69) is 130 Å². The normalized spacial score (nSPS) is 18.6. The van der Waals surface area contributed by atoms with Crippen molar-refractivity contribution in [3.63, 3.8) is 0 Å². The Bertz CT molecular complexity index is 1140. The maximum absolute atomic E-state index is 9.67. The van der Waals surface area contributed by atoms with E-state index in [4.69, 9.17) is 0 Å². The topological polar surface area (TPSA) is 6.25 Å². The summed E-state index contributed by atoms with van der Waals surface area (Å²) in [6.45, 7) is 9.20. The lowest BCUT2D eigenvalue weighted by Gasteiger charge is -2.23. The average Bonchev–Trinajstić information content (AvgIpc) is 3.07. The maximum atomic E-state index is 9.67. The molecule has 2 aromatic carbocycles. The Morgan fingerprint density at radius 3 is 1.97 bits per heavy atom. The van der Waals surface area contributed by atoms with E-state index in [9.17, 15) is 12.9 Å². The van der Waals surface area contributed by atoms with E-state index in [0.717, 1.165) is 0 Å². The van der Waals surface area contributed by atoms with Crippen molar-refractivity contribution in [1.29, 1.82) is 0 Å². The van der Waals surface area contributed by atoms with E-state index in [1.165, 1.54) is 33.9 Å². The fraction of sp³-hybridized carbons (Fsp3) is 0.296. The molecule has 0 bridgehead atoms. The highest BCUT2D eigenvalue weighted by atomic mass is 19.4. The number of hydrogen-bond donors (Lipinski definition) is 0. The lowest BCUT2D eigenvalue weighted by molar-refractivity contribution is -0.401. The molecule has 2 aliphatic rings. The van der Waals surface area contributed by atoms with Crippen molar-refractivity contribution in [1.82, 2.24) is 0 Å². The lowest BCUT2D eigenvalue weighted by atomic mass is 9.81. The second-order valence-electron chi connectivity index (χ2n) is 9.33. The molecule has 2 nitrogen and oxygen atoms in total. The molecule has 0 atom stereocenters. The molecular weight excluding hydrogens is 439 g/mol. The van der Waals surface area contributed by atoms with Crippen molar-refractivity contribution in [3.05, 3.63) is 95.7 Å². The van der Waals surface area contributed by atoms with Crippen molar-refractivity contribution in [2.45, 2.75) is 38.5 Å². The number of benzene rings is 2. The molecule has 2 heterocycles. The van der Waals surface area contributed by atoms with E-state index in [0.29, 0.717) is 0 Å². The second kappa shape index (κ2) is 10.5. The number of anilines is 1. The van der Waals surface area contributed by atoms with Gasteiger partial charge in [0.25, 0.3) is 0 Å². The molecule has 7 heteroatoms. The minimum absolute atomic E-state index is 0. The third-order valence-corrected chi connectivity index (χ3v) is 6.61. The Morgan fingerprint density at radius 2 is 1.38 bits per heavy atom. The lowest BCUT2D eigenvalue weighted by Crippen LogP contribution is -3.00. The zero-order valence-corrected chi connectivity index (χ0v) is 20.5. The van der Waals surface area contributed by atoms with Gasteiger partial charge in [0.05, 0.1) is 5.41 Å². The first kappa shape index (κ1) is 27.2. The molecule has 0 N–H and O–H groups in total. The SMILES string of the molecule is CN1C(=CC=CC=CC2=[N+](C)c3ccccc3C2(C)C)C(C)(C)c2ccccc21.FB(F)F.[F-]. The van der Waals surface area contributed by atoms with Gasteiger partial charge in [0.15, 0.2) is 5.71 Å². The van der Waals surface area contributed by atoms with Crippen LogP contribution in [-0.2, 0) is 10.8 Å². The Kier molecular flexibility index (Phi) is 8.35. The van der Waals surface area contributed by atoms with E-state index < -0.39 is 7.54 Å². The first-order chi connectivity index (χ1) is 15.5. The summed E-state index contributed by atoms with van der Waals surface area (Å²) in [5, 5.41) is 0. The number of hydrogen-bond acceptors (Lipinski definition) is 1. The summed E-state index contributed by atoms with van der Waals surface area (Å²) in [7, 11) is 0.651. The van der Waals surface area contributed by atoms with E-state index in [1.807, 2.05) is 0 Å². The number of nitrogens with zero attached hydrogens (tertiary/aromatic N) is 2. The molecule has 34 heavy (non-hydrogen) atoms. The van der Waals surface area contributed by atoms with Gasteiger partial charge in [0, 0.05) is 41.6 Å². The first-order valence-corrected chi connectivity index (χ1v) is 11.0. The van der Waals surface area contributed by atoms with Gasteiger partial charge in [-0.1, -0.05) is 68.5 Å². The predicted molar refractivity (Wildman–Crippen MR) is 134 cm³/mol. The molecule has 2 aliphatic heterocycles. The zero-order chi connectivity index (χ0) is 24.4. The number of likely N-dealkylation sites (N-methyl/N-ethyl adjacent to an activating group) is 1. The van der Waals surface area contributed by atoms with E-state index in [1.54, 1.807) is 0 Å². The quantitative estimate of drug-likeness (QED) is 0.285. The van der Waals surface area contributed by atoms with Crippen LogP contribution in [0.3, 0.4) is 0 Å². The van der Waals surface area contributed by atoms with Crippen LogP contribution >= 0.6 is 0 Å². The van der Waals surface area contributed by atoms with Gasteiger partial charge in [-0.15, -0.1) is 0 Å². The van der Waals surface area contributed by atoms with Crippen LogP contribution in [0.2, 0.25) is 0 Å². The molecule has 0 aromatic heterocycles. The van der Waals surface area contributed by atoms with Crippen LogP contribution < -0.4 is 9.60 Å². The van der Waals surface area contributed by atoms with Gasteiger partial charge in [0.1, 0.15) is 7.05 Å². The number of halogens is 4. The summed E-state index contributed by atoms with van der Waals surface area (Å²) in [5.74, 6) is 0. The van der Waals surface area contributed by atoms with E-state index >= 15 is 0 Å². The van der Waals surface area contributed by atoms with Crippen molar-refractivity contribution in [3.8, 4) is 0 Å². The minimum Gasteiger partial charge on any atom is -1.00 e. The standard InChI is InChI=1S/C27H31N2.BF3.FH/c1-26(2)20-14-10-12-16-22(20)28(5)24(26)18-8-7-9-19-25-27(3,4)21-15-11-13-17-23(21)29(25)6;2-1(3)4;/h7-19H,1-6H3;;1H/q+1;;/p-1. The summed E-state index contributed by atoms with van der Waals surface area (Å²) in [6, 6.07) is 17.4. The van der Waals surface area contributed by atoms with Crippen LogP contribution in [0.15, 0.2) is 84.6 Å². The molecule has 0 fully saturated rings. The molecule has 0 aliphatic carbocycles. The summed E-state index contributed by atoms with van der Waals surface area (Å²) >= 11 is 0. The highest BCUT2D eigenvalue weighted by Gasteiger charge is 2.42. The molecule has 0 spiro atoms. The largest absolute Gasteiger partial charge is 1.00 e. The monoisotopic (exact) mass is 470 g/mol. The van der Waals surface area contributed by atoms with Crippen LogP contribution in [0.4, 0.5) is 24.3 Å². The van der Waals surface area contributed by atoms with Gasteiger partial charge in [-0.05, 0) is 31.6 Å². The third-order valence-electron chi connectivity index (χ3n) is 6.61. The summed E-state index contributed by atoms with van der Waals surface area (Å²) < 4.78 is 31.3. The fourth-order valence-corrected chi connectivity index (χ4v) is 4.96. The van der Waals surface area contributed by atoms with Crippen LogP contribution in [0.1, 0.15) is 38.8 Å². The summed E-state index contributed by atoms with van der Waals surface area (Å²) in [4.78, 5) is 2.31. The molecule has 0 radical (unpaired) electrons. The Balaban J connectivity index is 0.000000758. The first-order valence-electron chi connectivity index (χ1n) is 11.0. The van der Waals surface area contributed by atoms with Crippen LogP contribution in [0.25, 0.3) is 0 Å². The molecule has 0 amide bonds. The van der Waals surface area contributed by atoms with Crippen molar-refractivity contribution in [2.24, 2.45) is 0 Å². The number of para-hydroxylation sites is 2. The van der Waals surface area contributed by atoms with Gasteiger partial charge < -0.3 is 9.60 Å². The van der Waals surface area contributed by atoms with Gasteiger partial charge in [0.2, 0.25) is 5.69 Å². The van der Waals surface area contributed by atoms with E-state index in [-0.39, 0.29) is 15.5 Å². The molecular formula is C27H31BF4N2. The smallest absolute Gasteiger partial charge is 0.762 e. The second-order valence-corrected chi connectivity index (χ2v) is 9.33. The fourth-order valence-electron chi connectivity index (χ4n) is 4.96. The highest BCUT2D eigenvalue weighted by molar-refractivity contribution is 6.33. The van der Waals surface area contributed by atoms with Crippen LogP contribution in [0, 0.1) is 0 Å². The van der Waals surface area contributed by atoms with Gasteiger partial charge >= 0.3 is 7.54 Å². The molecule has 0 unspecified atom stereocenters. The Hall–Kier alpha value is -3.09. The molecule has 0 saturated heterocycles. The van der Waals surface area contributed by atoms with Gasteiger partial charge in [-0.25, -0.2) is 0 Å². The Morgan fingerprint density at radius 1 is 0.824 bits per heavy atom. The van der Waals surface area contributed by atoms with Crippen molar-refractivity contribution >= 4 is 24.6 Å². The summed E-state index contributed by atoms with van der Waals surface area (Å²) in [6.07, 6.45) is 10.9. The molecule has 180 valence electrons. The van der Waals surface area contributed by atoms with Crippen molar-refractivity contribution in [2.75, 3.05) is 19.0 Å². The molecule has 4 rings (SSSR count). The highest BCUT2D eigenvalue weighted by Crippen LogP contribution is 2.46. The average molecular weight is 470 g/mol. The molecule has 2 aromatic rings. The number of rotatable bonds is 3. The van der Waals surface area contributed by atoms with Gasteiger partial charge in [-0.3, -0.25) is 12.9 Å². The maximum Gasteiger partial charge on any atom is 0.762 e. The number of fused-ring (bicyclic) bond motifs is 2. The van der Waals surface area contributed by atoms with Crippen LogP contribution in [-0.4, -0.2) is 31.9 Å². The summed E-state index contributed by atoms with van der Waals surface area (Å²) in [5.41, 5.74) is 8.06. The number of allylic oxidation sites excluding steroid dienone is 6. The zero-order valence-electron chi connectivity index (χ0n) is 20.5. The molecule has 0 saturated carbocycles. The van der Waals surface area contributed by atoms with Crippen molar-refractivity contribution < 1.29 is 22.2 Å². The van der Waals surface area contributed by atoms with Gasteiger partial charge in [-0.2, -0.15) is 4.58 Å². The predicted octanol–water partition coefficient (Wildman–Crippen LogP) is 4.00. The third kappa shape index (κ3) is 5.03. The minimum atomic E-state index is -3.67.